The van der Waals surface area contributed by atoms with Crippen molar-refractivity contribution in [3.63, 3.8) is 0 Å². The standard InChI is InChI=1S/C24H27BrO/c25-16-17-6-8-22(9-7-17)24(26,21-4-2-1-3-5-21)23-13-18-10-19(14-23)12-20(11-18)15-23/h1-9,18-20,26H,10-16H2. The molecule has 1 N–H and O–H groups in total. The summed E-state index contributed by atoms with van der Waals surface area (Å²) in [7, 11) is 0. The van der Waals surface area contributed by atoms with E-state index in [1.807, 2.05) is 0 Å². The molecule has 6 rings (SSSR count). The maximum Gasteiger partial charge on any atom is 0.120 e. The Bertz CT molecular complexity index is 746. The van der Waals surface area contributed by atoms with Crippen molar-refractivity contribution in [3.8, 4) is 0 Å². The van der Waals surface area contributed by atoms with E-state index in [1.165, 1.54) is 44.1 Å². The van der Waals surface area contributed by atoms with E-state index >= 15 is 0 Å². The fraction of sp³-hybridized carbons (Fsp3) is 0.500. The van der Waals surface area contributed by atoms with E-state index in [9.17, 15) is 5.11 Å². The molecule has 0 heterocycles. The van der Waals surface area contributed by atoms with Gasteiger partial charge in [-0.2, -0.15) is 0 Å². The Kier molecular flexibility index (Phi) is 4.06. The van der Waals surface area contributed by atoms with E-state index in [2.05, 4.69) is 70.5 Å². The summed E-state index contributed by atoms with van der Waals surface area (Å²) < 4.78 is 0. The molecular weight excluding hydrogens is 384 g/mol. The van der Waals surface area contributed by atoms with E-state index in [1.54, 1.807) is 0 Å². The largest absolute Gasteiger partial charge is 0.380 e. The minimum Gasteiger partial charge on any atom is -0.380 e. The molecule has 0 saturated heterocycles. The van der Waals surface area contributed by atoms with Crippen LogP contribution in [-0.2, 0) is 10.9 Å². The summed E-state index contributed by atoms with van der Waals surface area (Å²) in [6, 6.07) is 19.1. The number of rotatable bonds is 4. The van der Waals surface area contributed by atoms with Gasteiger partial charge in [0.05, 0.1) is 0 Å². The summed E-state index contributed by atoms with van der Waals surface area (Å²) >= 11 is 3.55. The van der Waals surface area contributed by atoms with Crippen LogP contribution >= 0.6 is 15.9 Å². The predicted molar refractivity (Wildman–Crippen MR) is 109 cm³/mol. The van der Waals surface area contributed by atoms with Crippen molar-refractivity contribution in [2.45, 2.75) is 49.5 Å². The van der Waals surface area contributed by atoms with Crippen molar-refractivity contribution in [3.05, 3.63) is 71.3 Å². The lowest BCUT2D eigenvalue weighted by atomic mass is 9.44. The monoisotopic (exact) mass is 410 g/mol. The summed E-state index contributed by atoms with van der Waals surface area (Å²) in [5.74, 6) is 2.45. The van der Waals surface area contributed by atoms with Crippen molar-refractivity contribution in [1.29, 1.82) is 0 Å². The first kappa shape index (κ1) is 17.0. The van der Waals surface area contributed by atoms with Crippen LogP contribution in [-0.4, -0.2) is 5.11 Å². The number of halogens is 1. The number of hydrogen-bond acceptors (Lipinski definition) is 1. The minimum absolute atomic E-state index is 0.000970. The Labute approximate surface area is 165 Å². The molecule has 4 aliphatic carbocycles. The van der Waals surface area contributed by atoms with Crippen LogP contribution in [0.4, 0.5) is 0 Å². The van der Waals surface area contributed by atoms with E-state index in [0.717, 1.165) is 34.2 Å². The van der Waals surface area contributed by atoms with Gasteiger partial charge in [0.2, 0.25) is 0 Å². The molecule has 2 aromatic rings. The molecule has 26 heavy (non-hydrogen) atoms. The topological polar surface area (TPSA) is 20.2 Å². The highest BCUT2D eigenvalue weighted by molar-refractivity contribution is 9.08. The Balaban J connectivity index is 1.67. The lowest BCUT2D eigenvalue weighted by Crippen LogP contribution is -2.57. The average molecular weight is 411 g/mol. The van der Waals surface area contributed by atoms with Gasteiger partial charge in [-0.3, -0.25) is 0 Å². The number of alkyl halides is 1. The molecular formula is C24H27BrO. The van der Waals surface area contributed by atoms with Gasteiger partial charge < -0.3 is 5.11 Å². The van der Waals surface area contributed by atoms with E-state index in [0.29, 0.717) is 0 Å². The molecule has 4 fully saturated rings. The fourth-order valence-electron chi connectivity index (χ4n) is 6.85. The zero-order valence-corrected chi connectivity index (χ0v) is 16.8. The second-order valence-electron chi connectivity index (χ2n) is 9.10. The van der Waals surface area contributed by atoms with Crippen molar-refractivity contribution in [1.82, 2.24) is 0 Å². The van der Waals surface area contributed by atoms with Crippen molar-refractivity contribution in [2.75, 3.05) is 0 Å². The summed E-state index contributed by atoms with van der Waals surface area (Å²) in [5.41, 5.74) is 2.53. The van der Waals surface area contributed by atoms with Crippen LogP contribution < -0.4 is 0 Å². The Morgan fingerprint density at radius 3 is 1.81 bits per heavy atom. The quantitative estimate of drug-likeness (QED) is 0.609. The zero-order chi connectivity index (χ0) is 17.8. The highest BCUT2D eigenvalue weighted by Gasteiger charge is 2.61. The predicted octanol–water partition coefficient (Wildman–Crippen LogP) is 6.03. The van der Waals surface area contributed by atoms with Gasteiger partial charge in [-0.25, -0.2) is 0 Å². The third-order valence-corrected chi connectivity index (χ3v) is 8.17. The second-order valence-corrected chi connectivity index (χ2v) is 9.67. The SMILES string of the molecule is OC(c1ccccc1)(c1ccc(CBr)cc1)C12CC3CC(CC(C3)C1)C2. The average Bonchev–Trinajstić information content (AvgIpc) is 2.67. The summed E-state index contributed by atoms with van der Waals surface area (Å²) in [5, 5.41) is 13.3. The van der Waals surface area contributed by atoms with Crippen molar-refractivity contribution >= 4 is 15.9 Å². The first-order valence-electron chi connectivity index (χ1n) is 10.1. The maximum atomic E-state index is 12.5. The van der Waals surface area contributed by atoms with Gasteiger partial charge in [-0.05, 0) is 73.0 Å². The van der Waals surface area contributed by atoms with Crippen molar-refractivity contribution < 1.29 is 5.11 Å². The number of aliphatic hydroxyl groups is 1. The Morgan fingerprint density at radius 1 is 0.808 bits per heavy atom. The van der Waals surface area contributed by atoms with Crippen LogP contribution in [0.1, 0.15) is 55.2 Å². The van der Waals surface area contributed by atoms with E-state index < -0.39 is 5.60 Å². The van der Waals surface area contributed by atoms with Crippen LogP contribution in [0.5, 0.6) is 0 Å². The molecule has 2 heteroatoms. The molecule has 1 nitrogen and oxygen atoms in total. The lowest BCUT2D eigenvalue weighted by molar-refractivity contribution is -0.164. The maximum absolute atomic E-state index is 12.5. The second kappa shape index (κ2) is 6.21. The molecule has 0 spiro atoms. The fourth-order valence-corrected chi connectivity index (χ4v) is 7.22. The lowest BCUT2D eigenvalue weighted by Gasteiger charge is -2.62. The smallest absolute Gasteiger partial charge is 0.120 e. The van der Waals surface area contributed by atoms with Gasteiger partial charge >= 0.3 is 0 Å². The summed E-state index contributed by atoms with van der Waals surface area (Å²) in [4.78, 5) is 0. The van der Waals surface area contributed by atoms with Gasteiger partial charge in [-0.15, -0.1) is 0 Å². The number of hydrogen-bond donors (Lipinski definition) is 1. The van der Waals surface area contributed by atoms with Gasteiger partial charge in [0.15, 0.2) is 0 Å². The van der Waals surface area contributed by atoms with Crippen LogP contribution in [0.25, 0.3) is 0 Å². The third kappa shape index (κ3) is 2.45. The summed E-state index contributed by atoms with van der Waals surface area (Å²) in [6.45, 7) is 0. The molecule has 0 radical (unpaired) electrons. The zero-order valence-electron chi connectivity index (χ0n) is 15.2. The molecule has 136 valence electrons. The van der Waals surface area contributed by atoms with Crippen LogP contribution in [0.15, 0.2) is 54.6 Å². The molecule has 1 unspecified atom stereocenters. The first-order valence-corrected chi connectivity index (χ1v) is 11.2. The van der Waals surface area contributed by atoms with E-state index in [4.69, 9.17) is 0 Å². The molecule has 2 aromatic carbocycles. The van der Waals surface area contributed by atoms with Crippen LogP contribution in [0.2, 0.25) is 0 Å². The highest BCUT2D eigenvalue weighted by Crippen LogP contribution is 2.67. The van der Waals surface area contributed by atoms with Gasteiger partial charge in [0.1, 0.15) is 5.60 Å². The van der Waals surface area contributed by atoms with Gasteiger partial charge in [0, 0.05) is 10.7 Å². The molecule has 0 amide bonds. The van der Waals surface area contributed by atoms with Gasteiger partial charge in [-0.1, -0.05) is 70.5 Å². The summed E-state index contributed by atoms with van der Waals surface area (Å²) in [6.07, 6.45) is 7.74. The van der Waals surface area contributed by atoms with Gasteiger partial charge in [0.25, 0.3) is 0 Å². The molecule has 0 aliphatic heterocycles. The molecule has 4 aliphatic rings. The Hall–Kier alpha value is -1.12. The highest BCUT2D eigenvalue weighted by atomic mass is 79.9. The molecule has 4 bridgehead atoms. The van der Waals surface area contributed by atoms with Crippen molar-refractivity contribution in [2.24, 2.45) is 23.2 Å². The molecule has 0 aromatic heterocycles. The van der Waals surface area contributed by atoms with Crippen LogP contribution in [0, 0.1) is 23.2 Å². The van der Waals surface area contributed by atoms with E-state index in [-0.39, 0.29) is 5.41 Å². The van der Waals surface area contributed by atoms with Crippen LogP contribution in [0.3, 0.4) is 0 Å². The normalized spacial score (nSPS) is 34.6. The number of benzene rings is 2. The first-order chi connectivity index (χ1) is 12.6. The minimum atomic E-state index is -0.880. The molecule has 4 saturated carbocycles. The molecule has 1 atom stereocenters. The Morgan fingerprint density at radius 2 is 1.31 bits per heavy atom. The third-order valence-electron chi connectivity index (χ3n) is 7.52.